The zero-order valence-corrected chi connectivity index (χ0v) is 14.0. The van der Waals surface area contributed by atoms with Gasteiger partial charge < -0.3 is 14.8 Å². The number of anilines is 1. The van der Waals surface area contributed by atoms with E-state index >= 15 is 0 Å². The Bertz CT molecular complexity index is 708. The van der Waals surface area contributed by atoms with E-state index in [-0.39, 0.29) is 11.4 Å². The van der Waals surface area contributed by atoms with Gasteiger partial charge in [-0.2, -0.15) is 0 Å². The number of carbonyl (C=O) groups excluding carboxylic acids is 2. The summed E-state index contributed by atoms with van der Waals surface area (Å²) in [5.41, 5.74) is 2.14. The highest BCUT2D eigenvalue weighted by Gasteiger charge is 2.32. The number of amides is 1. The number of carbonyl (C=O) groups is 2. The van der Waals surface area contributed by atoms with E-state index in [2.05, 4.69) is 15.3 Å². The van der Waals surface area contributed by atoms with Gasteiger partial charge >= 0.3 is 6.01 Å². The van der Waals surface area contributed by atoms with Crippen LogP contribution < -0.4 is 10.1 Å². The zero-order chi connectivity index (χ0) is 17.5. The topological polar surface area (TPSA) is 81.2 Å². The second kappa shape index (κ2) is 7.88. The second-order valence-electron chi connectivity index (χ2n) is 6.42. The van der Waals surface area contributed by atoms with Crippen molar-refractivity contribution < 1.29 is 14.3 Å². The highest BCUT2D eigenvalue weighted by Crippen LogP contribution is 2.34. The molecule has 0 spiro atoms. The van der Waals surface area contributed by atoms with Crippen molar-refractivity contribution >= 4 is 18.4 Å². The molecule has 1 aliphatic rings. The number of aromatic nitrogens is 2. The molecule has 1 aromatic carbocycles. The van der Waals surface area contributed by atoms with Gasteiger partial charge in [-0.3, -0.25) is 4.79 Å². The first-order valence-electron chi connectivity index (χ1n) is 8.46. The van der Waals surface area contributed by atoms with Crippen molar-refractivity contribution in [2.45, 2.75) is 32.1 Å². The fraction of sp³-hybridized carbons (Fsp3) is 0.368. The van der Waals surface area contributed by atoms with Crippen molar-refractivity contribution in [1.29, 1.82) is 0 Å². The quantitative estimate of drug-likeness (QED) is 0.783. The van der Waals surface area contributed by atoms with Gasteiger partial charge in [-0.25, -0.2) is 9.97 Å². The number of nitrogens with zero attached hydrogens (tertiary/aromatic N) is 2. The minimum Gasteiger partial charge on any atom is -0.462 e. The molecular weight excluding hydrogens is 318 g/mol. The average molecular weight is 339 g/mol. The number of benzene rings is 1. The molecule has 0 unspecified atom stereocenters. The first-order valence-corrected chi connectivity index (χ1v) is 8.46. The van der Waals surface area contributed by atoms with Crippen LogP contribution in [-0.4, -0.2) is 29.3 Å². The van der Waals surface area contributed by atoms with E-state index in [4.69, 9.17) is 4.74 Å². The predicted octanol–water partition coefficient (Wildman–Crippen LogP) is 3.24. The van der Waals surface area contributed by atoms with Crippen LogP contribution in [-0.2, 0) is 9.59 Å². The van der Waals surface area contributed by atoms with Crippen LogP contribution in [0.3, 0.4) is 0 Å². The first kappa shape index (κ1) is 17.1. The molecular formula is C19H21N3O3. The zero-order valence-electron chi connectivity index (χ0n) is 14.0. The molecule has 6 nitrogen and oxygen atoms in total. The number of nitrogens with one attached hydrogen (secondary N) is 1. The van der Waals surface area contributed by atoms with Crippen LogP contribution in [0.1, 0.15) is 32.1 Å². The van der Waals surface area contributed by atoms with Crippen molar-refractivity contribution in [3.8, 4) is 17.1 Å². The minimum absolute atomic E-state index is 0.287. The Balaban J connectivity index is 1.63. The van der Waals surface area contributed by atoms with Gasteiger partial charge in [-0.15, -0.1) is 0 Å². The third-order valence-electron chi connectivity index (χ3n) is 4.66. The van der Waals surface area contributed by atoms with E-state index in [1.165, 1.54) is 6.42 Å². The van der Waals surface area contributed by atoms with E-state index in [0.717, 1.165) is 48.8 Å². The van der Waals surface area contributed by atoms with Crippen LogP contribution in [0, 0.1) is 5.41 Å². The molecule has 130 valence electrons. The van der Waals surface area contributed by atoms with Gasteiger partial charge in [0.2, 0.25) is 6.41 Å². The minimum atomic E-state index is -0.387. The number of hydrogen-bond acceptors (Lipinski definition) is 5. The molecule has 1 fully saturated rings. The average Bonchev–Trinajstić information content (AvgIpc) is 2.68. The number of hydrogen-bond donors (Lipinski definition) is 1. The van der Waals surface area contributed by atoms with E-state index in [0.29, 0.717) is 13.0 Å². The largest absolute Gasteiger partial charge is 0.462 e. The standard InChI is InChI=1S/C19H21N3O3/c23-12-19(8-2-1-3-9-19)13-25-18-20-10-16(11-21-18)15-4-6-17(7-5-15)22-14-24/h4-7,10-12,14H,1-3,8-9,13H2,(H,22,24). The summed E-state index contributed by atoms with van der Waals surface area (Å²) in [5, 5.41) is 2.59. The van der Waals surface area contributed by atoms with Crippen LogP contribution in [0.15, 0.2) is 36.7 Å². The summed E-state index contributed by atoms with van der Waals surface area (Å²) in [7, 11) is 0. The van der Waals surface area contributed by atoms with Gasteiger partial charge in [0.15, 0.2) is 0 Å². The number of aldehydes is 1. The fourth-order valence-electron chi connectivity index (χ4n) is 3.13. The van der Waals surface area contributed by atoms with Crippen molar-refractivity contribution in [3.63, 3.8) is 0 Å². The molecule has 1 aliphatic carbocycles. The Kier molecular flexibility index (Phi) is 5.38. The van der Waals surface area contributed by atoms with Gasteiger partial charge in [-0.05, 0) is 30.5 Å². The highest BCUT2D eigenvalue weighted by molar-refractivity contribution is 5.73. The summed E-state index contributed by atoms with van der Waals surface area (Å²) in [6, 6.07) is 7.67. The summed E-state index contributed by atoms with van der Waals surface area (Å²) in [6.07, 6.45) is 10.1. The Hall–Kier alpha value is -2.76. The monoisotopic (exact) mass is 339 g/mol. The fourth-order valence-corrected chi connectivity index (χ4v) is 3.13. The maximum Gasteiger partial charge on any atom is 0.316 e. The van der Waals surface area contributed by atoms with Gasteiger partial charge in [0.1, 0.15) is 12.9 Å². The highest BCUT2D eigenvalue weighted by atomic mass is 16.5. The molecule has 0 saturated heterocycles. The normalized spacial score (nSPS) is 16.0. The van der Waals surface area contributed by atoms with E-state index in [9.17, 15) is 9.59 Å². The molecule has 0 bridgehead atoms. The molecule has 0 aliphatic heterocycles. The first-order chi connectivity index (χ1) is 12.2. The molecule has 1 saturated carbocycles. The lowest BCUT2D eigenvalue weighted by molar-refractivity contribution is -0.119. The summed E-state index contributed by atoms with van der Waals surface area (Å²) in [6.45, 7) is 0.335. The van der Waals surface area contributed by atoms with Crippen LogP contribution in [0.5, 0.6) is 6.01 Å². The van der Waals surface area contributed by atoms with E-state index < -0.39 is 0 Å². The Morgan fingerprint density at radius 3 is 2.28 bits per heavy atom. The predicted molar refractivity (Wildman–Crippen MR) is 94.2 cm³/mol. The lowest BCUT2D eigenvalue weighted by Crippen LogP contribution is -2.32. The Morgan fingerprint density at radius 2 is 1.68 bits per heavy atom. The van der Waals surface area contributed by atoms with Gasteiger partial charge in [0.25, 0.3) is 0 Å². The second-order valence-corrected chi connectivity index (χ2v) is 6.42. The third-order valence-corrected chi connectivity index (χ3v) is 4.66. The maximum atomic E-state index is 11.5. The van der Waals surface area contributed by atoms with Gasteiger partial charge in [0.05, 0.1) is 5.41 Å². The Morgan fingerprint density at radius 1 is 1.00 bits per heavy atom. The van der Waals surface area contributed by atoms with Gasteiger partial charge in [0, 0.05) is 23.6 Å². The maximum absolute atomic E-state index is 11.5. The van der Waals surface area contributed by atoms with Crippen LogP contribution >= 0.6 is 0 Å². The molecule has 6 heteroatoms. The van der Waals surface area contributed by atoms with Crippen molar-refractivity contribution in [3.05, 3.63) is 36.7 Å². The van der Waals surface area contributed by atoms with E-state index in [1.54, 1.807) is 12.4 Å². The molecule has 3 rings (SSSR count). The molecule has 0 radical (unpaired) electrons. The molecule has 1 N–H and O–H groups in total. The van der Waals surface area contributed by atoms with Crippen LogP contribution in [0.4, 0.5) is 5.69 Å². The summed E-state index contributed by atoms with van der Waals surface area (Å²) in [5.74, 6) is 0. The lowest BCUT2D eigenvalue weighted by atomic mass is 9.76. The molecule has 1 aromatic heterocycles. The van der Waals surface area contributed by atoms with Crippen LogP contribution in [0.2, 0.25) is 0 Å². The number of ether oxygens (including phenoxy) is 1. The van der Waals surface area contributed by atoms with Crippen LogP contribution in [0.25, 0.3) is 11.1 Å². The van der Waals surface area contributed by atoms with Gasteiger partial charge in [-0.1, -0.05) is 31.4 Å². The van der Waals surface area contributed by atoms with E-state index in [1.807, 2.05) is 24.3 Å². The van der Waals surface area contributed by atoms with Crippen molar-refractivity contribution in [2.75, 3.05) is 11.9 Å². The summed E-state index contributed by atoms with van der Waals surface area (Å²) >= 11 is 0. The molecule has 0 atom stereocenters. The third kappa shape index (κ3) is 4.21. The molecule has 1 heterocycles. The molecule has 2 aromatic rings. The SMILES string of the molecule is O=CNc1ccc(-c2cnc(OCC3(C=O)CCCCC3)nc2)cc1. The Labute approximate surface area is 146 Å². The smallest absolute Gasteiger partial charge is 0.316 e. The summed E-state index contributed by atoms with van der Waals surface area (Å²) < 4.78 is 5.68. The van der Waals surface area contributed by atoms with Crippen molar-refractivity contribution in [2.24, 2.45) is 5.41 Å². The number of rotatable bonds is 7. The summed E-state index contributed by atoms with van der Waals surface area (Å²) in [4.78, 5) is 30.4. The molecule has 1 amide bonds. The lowest BCUT2D eigenvalue weighted by Gasteiger charge is -2.31. The van der Waals surface area contributed by atoms with Crippen molar-refractivity contribution in [1.82, 2.24) is 9.97 Å². The molecule has 25 heavy (non-hydrogen) atoms.